The smallest absolute Gasteiger partial charge is 0.132 e. The minimum absolute atomic E-state index is 0.196. The highest BCUT2D eigenvalue weighted by Crippen LogP contribution is 2.21. The molecule has 0 atom stereocenters. The van der Waals surface area contributed by atoms with Crippen LogP contribution < -0.4 is 0 Å². The number of hydrogen-bond donors (Lipinski definition) is 0. The van der Waals surface area contributed by atoms with Crippen LogP contribution in [-0.4, -0.2) is 4.57 Å². The first-order valence-corrected chi connectivity index (χ1v) is 6.42. The lowest BCUT2D eigenvalue weighted by molar-refractivity contribution is 0.639. The molecule has 0 unspecified atom stereocenters. The first-order valence-electron chi connectivity index (χ1n) is 6.42. The second kappa shape index (κ2) is 4.82. The van der Waals surface area contributed by atoms with Crippen LogP contribution in [0.25, 0.3) is 10.9 Å². The molecule has 3 rings (SSSR count). The molecule has 0 amide bonds. The van der Waals surface area contributed by atoms with Crippen LogP contribution in [0.5, 0.6) is 0 Å². The number of nitriles is 1. The fourth-order valence-corrected chi connectivity index (χ4v) is 2.45. The lowest BCUT2D eigenvalue weighted by Gasteiger charge is -2.09. The fourth-order valence-electron chi connectivity index (χ4n) is 2.45. The third-order valence-electron chi connectivity index (χ3n) is 3.57. The van der Waals surface area contributed by atoms with Gasteiger partial charge in [-0.2, -0.15) is 5.26 Å². The van der Waals surface area contributed by atoms with Crippen molar-refractivity contribution in [3.05, 3.63) is 71.2 Å². The Bertz CT molecular complexity index is 825. The summed E-state index contributed by atoms with van der Waals surface area (Å²) in [5.41, 5.74) is 3.75. The van der Waals surface area contributed by atoms with Gasteiger partial charge in [0.1, 0.15) is 5.82 Å². The third-order valence-corrected chi connectivity index (χ3v) is 3.57. The van der Waals surface area contributed by atoms with Crippen molar-refractivity contribution in [1.29, 1.82) is 5.26 Å². The van der Waals surface area contributed by atoms with Gasteiger partial charge in [-0.05, 0) is 48.4 Å². The molecule has 20 heavy (non-hydrogen) atoms. The van der Waals surface area contributed by atoms with E-state index in [1.165, 1.54) is 6.07 Å². The average molecular weight is 264 g/mol. The second-order valence-corrected chi connectivity index (χ2v) is 4.87. The van der Waals surface area contributed by atoms with Crippen molar-refractivity contribution in [2.75, 3.05) is 0 Å². The molecule has 0 aliphatic heterocycles. The molecule has 98 valence electrons. The number of fused-ring (bicyclic) bond motifs is 1. The summed E-state index contributed by atoms with van der Waals surface area (Å²) in [7, 11) is 0. The maximum Gasteiger partial charge on any atom is 0.132 e. The van der Waals surface area contributed by atoms with Gasteiger partial charge >= 0.3 is 0 Å². The van der Waals surface area contributed by atoms with Crippen molar-refractivity contribution in [3.8, 4) is 6.07 Å². The SMILES string of the molecule is Cc1cc(C#N)ccc1Cn1ccc2c(F)cccc21. The number of rotatable bonds is 2. The summed E-state index contributed by atoms with van der Waals surface area (Å²) in [5.74, 6) is -0.196. The summed E-state index contributed by atoms with van der Waals surface area (Å²) in [5, 5.41) is 9.52. The van der Waals surface area contributed by atoms with E-state index in [1.54, 1.807) is 12.1 Å². The first kappa shape index (κ1) is 12.4. The van der Waals surface area contributed by atoms with Gasteiger partial charge in [-0.25, -0.2) is 4.39 Å². The zero-order chi connectivity index (χ0) is 14.1. The monoisotopic (exact) mass is 264 g/mol. The number of nitrogens with zero attached hydrogens (tertiary/aromatic N) is 2. The Morgan fingerprint density at radius 2 is 2.05 bits per heavy atom. The van der Waals surface area contributed by atoms with Crippen molar-refractivity contribution in [1.82, 2.24) is 4.57 Å². The Hall–Kier alpha value is -2.60. The molecule has 3 heteroatoms. The van der Waals surface area contributed by atoms with Crippen molar-refractivity contribution >= 4 is 10.9 Å². The van der Waals surface area contributed by atoms with Crippen LogP contribution in [0.15, 0.2) is 48.7 Å². The van der Waals surface area contributed by atoms with E-state index in [4.69, 9.17) is 5.26 Å². The van der Waals surface area contributed by atoms with Crippen LogP contribution in [0.2, 0.25) is 0 Å². The summed E-state index contributed by atoms with van der Waals surface area (Å²) in [6, 6.07) is 14.7. The van der Waals surface area contributed by atoms with Gasteiger partial charge in [-0.15, -0.1) is 0 Å². The highest BCUT2D eigenvalue weighted by molar-refractivity contribution is 5.80. The van der Waals surface area contributed by atoms with E-state index in [9.17, 15) is 4.39 Å². The van der Waals surface area contributed by atoms with Gasteiger partial charge in [0.2, 0.25) is 0 Å². The molecule has 0 aliphatic carbocycles. The largest absolute Gasteiger partial charge is 0.343 e. The zero-order valence-corrected chi connectivity index (χ0v) is 11.1. The average Bonchev–Trinajstić information content (AvgIpc) is 2.86. The summed E-state index contributed by atoms with van der Waals surface area (Å²) in [6.07, 6.45) is 1.89. The van der Waals surface area contributed by atoms with Gasteiger partial charge in [-0.1, -0.05) is 12.1 Å². The predicted octanol–water partition coefficient (Wildman–Crippen LogP) is 4.01. The van der Waals surface area contributed by atoms with Gasteiger partial charge in [0.25, 0.3) is 0 Å². The lowest BCUT2D eigenvalue weighted by Crippen LogP contribution is -2.00. The van der Waals surface area contributed by atoms with E-state index in [0.717, 1.165) is 16.6 Å². The molecule has 0 radical (unpaired) electrons. The molecule has 1 heterocycles. The molecule has 0 N–H and O–H groups in total. The Morgan fingerprint density at radius 3 is 2.80 bits per heavy atom. The van der Waals surface area contributed by atoms with E-state index >= 15 is 0 Å². The van der Waals surface area contributed by atoms with Crippen molar-refractivity contribution in [2.45, 2.75) is 13.5 Å². The standard InChI is InChI=1S/C17H13FN2/c1-12-9-13(10-19)5-6-14(12)11-20-8-7-15-16(18)3-2-4-17(15)20/h2-9H,11H2,1H3. The first-order chi connectivity index (χ1) is 9.69. The van der Waals surface area contributed by atoms with E-state index in [2.05, 4.69) is 6.07 Å². The molecule has 0 saturated carbocycles. The minimum atomic E-state index is -0.196. The molecule has 0 saturated heterocycles. The van der Waals surface area contributed by atoms with Crippen LogP contribution in [-0.2, 0) is 6.54 Å². The van der Waals surface area contributed by atoms with E-state index in [-0.39, 0.29) is 5.82 Å². The Kier molecular flexibility index (Phi) is 3.00. The summed E-state index contributed by atoms with van der Waals surface area (Å²) in [4.78, 5) is 0. The Labute approximate surface area is 116 Å². The molecule has 3 aromatic rings. The van der Waals surface area contributed by atoms with Crippen molar-refractivity contribution < 1.29 is 4.39 Å². The lowest BCUT2D eigenvalue weighted by atomic mass is 10.1. The maximum atomic E-state index is 13.7. The molecule has 2 aromatic carbocycles. The number of benzene rings is 2. The molecule has 0 bridgehead atoms. The second-order valence-electron chi connectivity index (χ2n) is 4.87. The molecule has 1 aromatic heterocycles. The summed E-state index contributed by atoms with van der Waals surface area (Å²) in [6.45, 7) is 2.66. The molecular weight excluding hydrogens is 251 g/mol. The quantitative estimate of drug-likeness (QED) is 0.687. The number of aryl methyl sites for hydroxylation is 1. The number of halogens is 1. The number of aromatic nitrogens is 1. The van der Waals surface area contributed by atoms with Gasteiger partial charge in [-0.3, -0.25) is 0 Å². The van der Waals surface area contributed by atoms with Gasteiger partial charge < -0.3 is 4.57 Å². The molecule has 0 spiro atoms. The van der Waals surface area contributed by atoms with Crippen LogP contribution in [0.4, 0.5) is 4.39 Å². The summed E-state index contributed by atoms with van der Waals surface area (Å²) >= 11 is 0. The van der Waals surface area contributed by atoms with Gasteiger partial charge in [0, 0.05) is 18.1 Å². The van der Waals surface area contributed by atoms with E-state index in [1.807, 2.05) is 42.0 Å². The van der Waals surface area contributed by atoms with Crippen LogP contribution >= 0.6 is 0 Å². The van der Waals surface area contributed by atoms with E-state index in [0.29, 0.717) is 17.5 Å². The van der Waals surface area contributed by atoms with Crippen molar-refractivity contribution in [3.63, 3.8) is 0 Å². The van der Waals surface area contributed by atoms with Gasteiger partial charge in [0.05, 0.1) is 17.1 Å². The predicted molar refractivity (Wildman–Crippen MR) is 76.9 cm³/mol. The molecule has 2 nitrogen and oxygen atoms in total. The van der Waals surface area contributed by atoms with Crippen LogP contribution in [0.3, 0.4) is 0 Å². The Balaban J connectivity index is 2.02. The zero-order valence-electron chi connectivity index (χ0n) is 11.1. The van der Waals surface area contributed by atoms with Gasteiger partial charge in [0.15, 0.2) is 0 Å². The molecule has 0 fully saturated rings. The maximum absolute atomic E-state index is 13.7. The topological polar surface area (TPSA) is 28.7 Å². The number of hydrogen-bond acceptors (Lipinski definition) is 1. The minimum Gasteiger partial charge on any atom is -0.343 e. The van der Waals surface area contributed by atoms with Crippen LogP contribution in [0, 0.1) is 24.1 Å². The molecule has 0 aliphatic rings. The fraction of sp³-hybridized carbons (Fsp3) is 0.118. The molecular formula is C17H13FN2. The van der Waals surface area contributed by atoms with Crippen LogP contribution in [0.1, 0.15) is 16.7 Å². The summed E-state index contributed by atoms with van der Waals surface area (Å²) < 4.78 is 15.7. The normalized spacial score (nSPS) is 10.7. The Morgan fingerprint density at radius 1 is 1.20 bits per heavy atom. The highest BCUT2D eigenvalue weighted by atomic mass is 19.1. The highest BCUT2D eigenvalue weighted by Gasteiger charge is 2.07. The third kappa shape index (κ3) is 2.06. The van der Waals surface area contributed by atoms with Crippen molar-refractivity contribution in [2.24, 2.45) is 0 Å². The van der Waals surface area contributed by atoms with E-state index < -0.39 is 0 Å².